The van der Waals surface area contributed by atoms with Crippen LogP contribution in [0.5, 0.6) is 0 Å². The first-order chi connectivity index (χ1) is 8.56. The van der Waals surface area contributed by atoms with Crippen molar-refractivity contribution in [3.05, 3.63) is 29.3 Å². The average Bonchev–Trinajstić information content (AvgIpc) is 2.32. The maximum atomic E-state index is 11.0. The van der Waals surface area contributed by atoms with Crippen molar-refractivity contribution in [2.75, 3.05) is 11.9 Å². The lowest BCUT2D eigenvalue weighted by Crippen LogP contribution is -2.41. The molecule has 1 amide bonds. The van der Waals surface area contributed by atoms with Gasteiger partial charge in [-0.2, -0.15) is 0 Å². The molecule has 0 saturated carbocycles. The van der Waals surface area contributed by atoms with E-state index >= 15 is 0 Å². The quantitative estimate of drug-likeness (QED) is 0.755. The number of carboxylic acids is 1. The molecule has 1 aromatic carbocycles. The summed E-state index contributed by atoms with van der Waals surface area (Å²) in [6.07, 6.45) is 1.33. The topological polar surface area (TPSA) is 78.4 Å². The van der Waals surface area contributed by atoms with Crippen LogP contribution in [0, 0.1) is 6.92 Å². The first kappa shape index (κ1) is 12.4. The van der Waals surface area contributed by atoms with E-state index in [9.17, 15) is 9.59 Å². The number of aryl methyl sites for hydroxylation is 1. The Morgan fingerprint density at radius 2 is 2.28 bits per heavy atom. The molecule has 0 bridgehead atoms. The molecule has 0 spiro atoms. The molecular formula is C13H16N2O3. The summed E-state index contributed by atoms with van der Waals surface area (Å²) in [7, 11) is 0. The Labute approximate surface area is 105 Å². The van der Waals surface area contributed by atoms with Crippen LogP contribution >= 0.6 is 0 Å². The second-order valence-electron chi connectivity index (χ2n) is 4.52. The lowest BCUT2D eigenvalue weighted by atomic mass is 10.0. The number of amides is 1. The number of aromatic carboxylic acids is 1. The zero-order valence-corrected chi connectivity index (χ0v) is 10.2. The molecule has 5 nitrogen and oxygen atoms in total. The minimum Gasteiger partial charge on any atom is -0.478 e. The van der Waals surface area contributed by atoms with Gasteiger partial charge in [-0.3, -0.25) is 4.79 Å². The van der Waals surface area contributed by atoms with E-state index in [-0.39, 0.29) is 11.9 Å². The van der Waals surface area contributed by atoms with Crippen LogP contribution in [0.2, 0.25) is 0 Å². The maximum absolute atomic E-state index is 11.0. The molecule has 1 heterocycles. The van der Waals surface area contributed by atoms with Gasteiger partial charge in [0.1, 0.15) is 0 Å². The first-order valence-electron chi connectivity index (χ1n) is 5.93. The van der Waals surface area contributed by atoms with Crippen molar-refractivity contribution in [1.29, 1.82) is 0 Å². The Hall–Kier alpha value is -2.04. The highest BCUT2D eigenvalue weighted by molar-refractivity contribution is 5.89. The predicted octanol–water partition coefficient (Wildman–Crippen LogP) is 1.38. The van der Waals surface area contributed by atoms with Crippen LogP contribution in [-0.2, 0) is 4.79 Å². The van der Waals surface area contributed by atoms with E-state index in [1.807, 2.05) is 6.07 Å². The Kier molecular flexibility index (Phi) is 3.50. The predicted molar refractivity (Wildman–Crippen MR) is 67.8 cm³/mol. The number of hydrogen-bond donors (Lipinski definition) is 3. The Morgan fingerprint density at radius 1 is 1.50 bits per heavy atom. The van der Waals surface area contributed by atoms with Gasteiger partial charge in [-0.15, -0.1) is 0 Å². The number of hydrogen-bond acceptors (Lipinski definition) is 3. The van der Waals surface area contributed by atoms with Gasteiger partial charge in [0.2, 0.25) is 5.91 Å². The Balaban J connectivity index is 2.04. The first-order valence-corrected chi connectivity index (χ1v) is 5.93. The second-order valence-corrected chi connectivity index (χ2v) is 4.52. The molecule has 2 rings (SSSR count). The molecule has 1 atom stereocenters. The number of rotatable bonds is 3. The summed E-state index contributed by atoms with van der Waals surface area (Å²) in [6.45, 7) is 2.38. The number of carbonyl (C=O) groups excluding carboxylic acids is 1. The maximum Gasteiger partial charge on any atom is 0.335 e. The fraction of sp³-hybridized carbons (Fsp3) is 0.385. The second kappa shape index (κ2) is 5.08. The standard InChI is InChI=1S/C13H16N2O3/c1-8-6-9(2-4-11(8)13(17)18)15-10-3-5-12(16)14-7-10/h2,4,6,10,15H,3,5,7H2,1H3,(H,14,16)(H,17,18). The molecule has 1 fully saturated rings. The third-order valence-corrected chi connectivity index (χ3v) is 3.09. The largest absolute Gasteiger partial charge is 0.478 e. The van der Waals surface area contributed by atoms with E-state index in [1.165, 1.54) is 0 Å². The highest BCUT2D eigenvalue weighted by Crippen LogP contribution is 2.17. The van der Waals surface area contributed by atoms with Crippen molar-refractivity contribution in [2.45, 2.75) is 25.8 Å². The van der Waals surface area contributed by atoms with Crippen molar-refractivity contribution in [3.63, 3.8) is 0 Å². The summed E-state index contributed by atoms with van der Waals surface area (Å²) in [6, 6.07) is 5.38. The van der Waals surface area contributed by atoms with Crippen molar-refractivity contribution in [1.82, 2.24) is 5.32 Å². The summed E-state index contributed by atoms with van der Waals surface area (Å²) in [5, 5.41) is 15.0. The third-order valence-electron chi connectivity index (χ3n) is 3.09. The van der Waals surface area contributed by atoms with E-state index in [1.54, 1.807) is 19.1 Å². The number of nitrogens with one attached hydrogen (secondary N) is 2. The molecule has 1 aliphatic rings. The minimum absolute atomic E-state index is 0.0884. The number of carbonyl (C=O) groups is 2. The van der Waals surface area contributed by atoms with Crippen LogP contribution in [0.1, 0.15) is 28.8 Å². The SMILES string of the molecule is Cc1cc(NC2CCC(=O)NC2)ccc1C(=O)O. The van der Waals surface area contributed by atoms with Gasteiger partial charge in [0.25, 0.3) is 0 Å². The van der Waals surface area contributed by atoms with Crippen LogP contribution in [-0.4, -0.2) is 29.6 Å². The van der Waals surface area contributed by atoms with Crippen LogP contribution in [0.25, 0.3) is 0 Å². The molecule has 18 heavy (non-hydrogen) atoms. The van der Waals surface area contributed by atoms with Crippen molar-refractivity contribution in [3.8, 4) is 0 Å². The highest BCUT2D eigenvalue weighted by atomic mass is 16.4. The summed E-state index contributed by atoms with van der Waals surface area (Å²) in [5.74, 6) is -0.825. The van der Waals surface area contributed by atoms with Gasteiger partial charge in [-0.1, -0.05) is 0 Å². The smallest absolute Gasteiger partial charge is 0.335 e. The van der Waals surface area contributed by atoms with Crippen LogP contribution in [0.3, 0.4) is 0 Å². The zero-order valence-electron chi connectivity index (χ0n) is 10.2. The normalized spacial score (nSPS) is 19.2. The molecule has 5 heteroatoms. The summed E-state index contributed by atoms with van der Waals surface area (Å²) >= 11 is 0. The molecule has 0 radical (unpaired) electrons. The van der Waals surface area contributed by atoms with E-state index in [2.05, 4.69) is 10.6 Å². The lowest BCUT2D eigenvalue weighted by Gasteiger charge is -2.24. The lowest BCUT2D eigenvalue weighted by molar-refractivity contribution is -0.122. The Morgan fingerprint density at radius 3 is 2.83 bits per heavy atom. The number of anilines is 1. The van der Waals surface area contributed by atoms with E-state index in [0.29, 0.717) is 18.5 Å². The van der Waals surface area contributed by atoms with Gasteiger partial charge in [-0.05, 0) is 37.1 Å². The minimum atomic E-state index is -0.913. The molecule has 1 aliphatic heterocycles. The van der Waals surface area contributed by atoms with Crippen molar-refractivity contribution in [2.24, 2.45) is 0 Å². The number of benzene rings is 1. The van der Waals surface area contributed by atoms with E-state index < -0.39 is 5.97 Å². The molecule has 3 N–H and O–H groups in total. The molecular weight excluding hydrogens is 232 g/mol. The molecule has 1 saturated heterocycles. The van der Waals surface area contributed by atoms with Gasteiger partial charge in [0, 0.05) is 24.7 Å². The fourth-order valence-corrected chi connectivity index (χ4v) is 2.09. The van der Waals surface area contributed by atoms with Gasteiger partial charge >= 0.3 is 5.97 Å². The third kappa shape index (κ3) is 2.80. The summed E-state index contributed by atoms with van der Waals surface area (Å²) in [5.41, 5.74) is 1.93. The molecule has 1 unspecified atom stereocenters. The van der Waals surface area contributed by atoms with Gasteiger partial charge in [-0.25, -0.2) is 4.79 Å². The van der Waals surface area contributed by atoms with Gasteiger partial charge < -0.3 is 15.7 Å². The van der Waals surface area contributed by atoms with Crippen LogP contribution < -0.4 is 10.6 Å². The molecule has 0 aromatic heterocycles. The number of carboxylic acid groups (broad SMARTS) is 1. The summed E-state index contributed by atoms with van der Waals surface area (Å²) < 4.78 is 0. The van der Waals surface area contributed by atoms with Crippen molar-refractivity contribution >= 4 is 17.6 Å². The average molecular weight is 248 g/mol. The molecule has 0 aliphatic carbocycles. The number of piperidine rings is 1. The summed E-state index contributed by atoms with van der Waals surface area (Å²) in [4.78, 5) is 21.9. The Bertz CT molecular complexity index is 475. The van der Waals surface area contributed by atoms with Crippen LogP contribution in [0.15, 0.2) is 18.2 Å². The van der Waals surface area contributed by atoms with E-state index in [4.69, 9.17) is 5.11 Å². The van der Waals surface area contributed by atoms with Gasteiger partial charge in [0.15, 0.2) is 0 Å². The molecule has 1 aromatic rings. The molecule has 96 valence electrons. The van der Waals surface area contributed by atoms with Crippen molar-refractivity contribution < 1.29 is 14.7 Å². The van der Waals surface area contributed by atoms with Gasteiger partial charge in [0.05, 0.1) is 5.56 Å². The van der Waals surface area contributed by atoms with E-state index in [0.717, 1.165) is 17.7 Å². The monoisotopic (exact) mass is 248 g/mol. The fourth-order valence-electron chi connectivity index (χ4n) is 2.09. The van der Waals surface area contributed by atoms with Crippen LogP contribution in [0.4, 0.5) is 5.69 Å². The zero-order chi connectivity index (χ0) is 13.1. The highest BCUT2D eigenvalue weighted by Gasteiger charge is 2.17.